The number of hydrogen-bond acceptors (Lipinski definition) is 4. The van der Waals surface area contributed by atoms with Gasteiger partial charge in [0.25, 0.3) is 0 Å². The molecule has 1 aliphatic rings. The summed E-state index contributed by atoms with van der Waals surface area (Å²) >= 11 is 3.92. The maximum atomic E-state index is 11.1. The van der Waals surface area contributed by atoms with E-state index in [0.717, 1.165) is 26.2 Å². The van der Waals surface area contributed by atoms with Gasteiger partial charge in [-0.15, -0.1) is 0 Å². The van der Waals surface area contributed by atoms with Crippen molar-refractivity contribution in [2.24, 2.45) is 0 Å². The number of nitrogens with zero attached hydrogens (tertiary/aromatic N) is 1. The molecule has 1 amide bonds. The first-order valence-corrected chi connectivity index (χ1v) is 4.77. The van der Waals surface area contributed by atoms with E-state index in [1.54, 1.807) is 0 Å². The summed E-state index contributed by atoms with van der Waals surface area (Å²) in [6, 6.07) is 0. The molecular weight excluding hydrogens is 174 g/mol. The van der Waals surface area contributed by atoms with Crippen LogP contribution < -0.4 is 10.6 Å². The summed E-state index contributed by atoms with van der Waals surface area (Å²) in [4.78, 5) is 13.2. The topological polar surface area (TPSA) is 44.4 Å². The van der Waals surface area contributed by atoms with E-state index in [1.165, 1.54) is 0 Å². The van der Waals surface area contributed by atoms with E-state index in [1.807, 2.05) is 0 Å². The predicted octanol–water partition coefficient (Wildman–Crippen LogP) is -1.10. The number of thiol groups is 1. The Bertz CT molecular complexity index is 148. The SMILES string of the molecule is O=C(CN1CCNCC1)NCS. The van der Waals surface area contributed by atoms with Crippen LogP contribution in [0.1, 0.15) is 0 Å². The molecule has 0 aromatic rings. The fourth-order valence-electron chi connectivity index (χ4n) is 1.22. The Kier molecular flexibility index (Phi) is 4.42. The summed E-state index contributed by atoms with van der Waals surface area (Å²) < 4.78 is 0. The van der Waals surface area contributed by atoms with E-state index < -0.39 is 0 Å². The van der Waals surface area contributed by atoms with Crippen LogP contribution in [0.3, 0.4) is 0 Å². The molecule has 2 N–H and O–H groups in total. The minimum Gasteiger partial charge on any atom is -0.346 e. The third-order valence-corrected chi connectivity index (χ3v) is 2.01. The summed E-state index contributed by atoms with van der Waals surface area (Å²) in [6.45, 7) is 4.38. The first kappa shape index (κ1) is 9.83. The molecule has 5 heteroatoms. The third kappa shape index (κ3) is 3.42. The second-order valence-electron chi connectivity index (χ2n) is 2.78. The van der Waals surface area contributed by atoms with Gasteiger partial charge in [0.15, 0.2) is 0 Å². The number of piperazine rings is 1. The molecule has 1 aliphatic heterocycles. The molecule has 70 valence electrons. The van der Waals surface area contributed by atoms with E-state index in [2.05, 4.69) is 28.2 Å². The molecule has 1 fully saturated rings. The molecule has 0 bridgehead atoms. The number of carbonyl (C=O) groups excluding carboxylic acids is 1. The number of hydrogen-bond donors (Lipinski definition) is 3. The van der Waals surface area contributed by atoms with Gasteiger partial charge in [0.05, 0.1) is 12.4 Å². The van der Waals surface area contributed by atoms with E-state index in [9.17, 15) is 4.79 Å². The van der Waals surface area contributed by atoms with Crippen molar-refractivity contribution >= 4 is 18.5 Å². The molecule has 0 atom stereocenters. The highest BCUT2D eigenvalue weighted by molar-refractivity contribution is 7.80. The lowest BCUT2D eigenvalue weighted by Crippen LogP contribution is -2.47. The zero-order valence-corrected chi connectivity index (χ0v) is 7.94. The average Bonchev–Trinajstić information content (AvgIpc) is 2.06. The van der Waals surface area contributed by atoms with Crippen LogP contribution in [-0.4, -0.2) is 49.4 Å². The van der Waals surface area contributed by atoms with Crippen molar-refractivity contribution in [3.63, 3.8) is 0 Å². The molecular formula is C7H15N3OS. The van der Waals surface area contributed by atoms with Gasteiger partial charge in [-0.05, 0) is 0 Å². The zero-order valence-electron chi connectivity index (χ0n) is 7.05. The van der Waals surface area contributed by atoms with Crippen LogP contribution in [0.2, 0.25) is 0 Å². The van der Waals surface area contributed by atoms with Gasteiger partial charge >= 0.3 is 0 Å². The molecule has 0 aromatic heterocycles. The highest BCUT2D eigenvalue weighted by Crippen LogP contribution is 1.90. The first-order chi connectivity index (χ1) is 5.83. The normalized spacial score (nSPS) is 19.1. The molecule has 4 nitrogen and oxygen atoms in total. The Labute approximate surface area is 78.1 Å². The Morgan fingerprint density at radius 2 is 2.17 bits per heavy atom. The van der Waals surface area contributed by atoms with Crippen molar-refractivity contribution in [1.82, 2.24) is 15.5 Å². The maximum Gasteiger partial charge on any atom is 0.234 e. The summed E-state index contributed by atoms with van der Waals surface area (Å²) in [5, 5.41) is 5.89. The Morgan fingerprint density at radius 1 is 1.50 bits per heavy atom. The van der Waals surface area contributed by atoms with Crippen LogP contribution in [0.15, 0.2) is 0 Å². The van der Waals surface area contributed by atoms with Crippen LogP contribution in [-0.2, 0) is 4.79 Å². The number of rotatable bonds is 3. The molecule has 1 rings (SSSR count). The lowest BCUT2D eigenvalue weighted by molar-refractivity contribution is -0.122. The molecule has 0 radical (unpaired) electrons. The molecule has 0 aromatic carbocycles. The molecule has 0 aliphatic carbocycles. The molecule has 0 spiro atoms. The number of nitrogens with one attached hydrogen (secondary N) is 2. The van der Waals surface area contributed by atoms with Gasteiger partial charge in [-0.2, -0.15) is 12.6 Å². The van der Waals surface area contributed by atoms with Crippen molar-refractivity contribution in [3.8, 4) is 0 Å². The highest BCUT2D eigenvalue weighted by atomic mass is 32.1. The fourth-order valence-corrected chi connectivity index (χ4v) is 1.39. The Hall–Kier alpha value is -0.260. The second kappa shape index (κ2) is 5.40. The lowest BCUT2D eigenvalue weighted by atomic mass is 10.3. The summed E-state index contributed by atoms with van der Waals surface area (Å²) in [5.41, 5.74) is 0. The van der Waals surface area contributed by atoms with E-state index in [-0.39, 0.29) is 5.91 Å². The molecule has 0 unspecified atom stereocenters. The summed E-state index contributed by atoms with van der Waals surface area (Å²) in [7, 11) is 0. The predicted molar refractivity (Wildman–Crippen MR) is 51.3 cm³/mol. The third-order valence-electron chi connectivity index (χ3n) is 1.85. The van der Waals surface area contributed by atoms with Gasteiger partial charge in [0.1, 0.15) is 0 Å². The molecule has 1 heterocycles. The first-order valence-electron chi connectivity index (χ1n) is 4.13. The van der Waals surface area contributed by atoms with Crippen LogP contribution in [0, 0.1) is 0 Å². The smallest absolute Gasteiger partial charge is 0.234 e. The molecule has 12 heavy (non-hydrogen) atoms. The van der Waals surface area contributed by atoms with E-state index in [4.69, 9.17) is 0 Å². The fraction of sp³-hybridized carbons (Fsp3) is 0.857. The van der Waals surface area contributed by atoms with Crippen molar-refractivity contribution in [1.29, 1.82) is 0 Å². The Balaban J connectivity index is 2.15. The molecule has 0 saturated carbocycles. The van der Waals surface area contributed by atoms with Crippen LogP contribution in [0.5, 0.6) is 0 Å². The second-order valence-corrected chi connectivity index (χ2v) is 3.10. The number of amides is 1. The largest absolute Gasteiger partial charge is 0.346 e. The minimum atomic E-state index is 0.0619. The number of carbonyl (C=O) groups is 1. The van der Waals surface area contributed by atoms with Crippen LogP contribution in [0.25, 0.3) is 0 Å². The quantitative estimate of drug-likeness (QED) is 0.390. The van der Waals surface area contributed by atoms with Gasteiger partial charge in [0, 0.05) is 26.2 Å². The van der Waals surface area contributed by atoms with E-state index >= 15 is 0 Å². The standard InChI is InChI=1S/C7H15N3OS/c11-7(9-6-12)5-10-3-1-8-2-4-10/h8,12H,1-6H2,(H,9,11). The zero-order chi connectivity index (χ0) is 8.81. The van der Waals surface area contributed by atoms with Gasteiger partial charge in [-0.3, -0.25) is 9.69 Å². The highest BCUT2D eigenvalue weighted by Gasteiger charge is 2.12. The van der Waals surface area contributed by atoms with Crippen molar-refractivity contribution < 1.29 is 4.79 Å². The minimum absolute atomic E-state index is 0.0619. The van der Waals surface area contributed by atoms with E-state index in [0.29, 0.717) is 12.4 Å². The molecule has 1 saturated heterocycles. The van der Waals surface area contributed by atoms with Gasteiger partial charge < -0.3 is 10.6 Å². The Morgan fingerprint density at radius 3 is 2.75 bits per heavy atom. The summed E-state index contributed by atoms with van der Waals surface area (Å²) in [5.74, 6) is 0.483. The van der Waals surface area contributed by atoms with Gasteiger partial charge in [-0.25, -0.2) is 0 Å². The van der Waals surface area contributed by atoms with Crippen LogP contribution >= 0.6 is 12.6 Å². The summed E-state index contributed by atoms with van der Waals surface area (Å²) in [6.07, 6.45) is 0. The monoisotopic (exact) mass is 189 g/mol. The van der Waals surface area contributed by atoms with Gasteiger partial charge in [0.2, 0.25) is 5.91 Å². The van der Waals surface area contributed by atoms with Crippen molar-refractivity contribution in [3.05, 3.63) is 0 Å². The maximum absolute atomic E-state index is 11.1. The van der Waals surface area contributed by atoms with Crippen molar-refractivity contribution in [2.45, 2.75) is 0 Å². The van der Waals surface area contributed by atoms with Crippen LogP contribution in [0.4, 0.5) is 0 Å². The lowest BCUT2D eigenvalue weighted by Gasteiger charge is -2.26. The van der Waals surface area contributed by atoms with Gasteiger partial charge in [-0.1, -0.05) is 0 Å². The van der Waals surface area contributed by atoms with Crippen molar-refractivity contribution in [2.75, 3.05) is 38.6 Å². The average molecular weight is 189 g/mol.